The van der Waals surface area contributed by atoms with Crippen molar-refractivity contribution in [3.8, 4) is 0 Å². The quantitative estimate of drug-likeness (QED) is 0.0375. The number of rotatable bonds is 33. The van der Waals surface area contributed by atoms with Crippen LogP contribution in [0, 0.1) is 17.8 Å². The van der Waals surface area contributed by atoms with Crippen molar-refractivity contribution in [3.05, 3.63) is 12.2 Å². The van der Waals surface area contributed by atoms with Crippen molar-refractivity contribution in [2.24, 2.45) is 17.8 Å². The van der Waals surface area contributed by atoms with Crippen LogP contribution in [0.2, 0.25) is 0 Å². The van der Waals surface area contributed by atoms with Gasteiger partial charge in [0.1, 0.15) is 17.8 Å². The second kappa shape index (κ2) is 28.3. The average Bonchev–Trinajstić information content (AvgIpc) is 3.01. The Morgan fingerprint density at radius 2 is 0.756 bits per heavy atom. The second-order valence-corrected chi connectivity index (χ2v) is 13.6. The molecule has 3 atom stereocenters. The maximum absolute atomic E-state index is 12.0. The standard InChI is InChI=1S/C38H71NO6/c1-5-9-10-11-12-13-14-15-16-17-18-19-20-21-22-23-24-25-26-27-28-29-39(30-33(6-2)36(40)41,31-34(7-3)37(42)43)32-35(8-4)38(44)45/h20-21,33-35H,5-19,22-32H2,1-4H3,(H2-,40,41,42,43,44,45)/p+1/b21-20+. The molecule has 45 heavy (non-hydrogen) atoms. The highest BCUT2D eigenvalue weighted by molar-refractivity contribution is 5.71. The van der Waals surface area contributed by atoms with E-state index in [1.165, 1.54) is 89.9 Å². The normalized spacial score (nSPS) is 15.1. The molecule has 3 unspecified atom stereocenters. The zero-order chi connectivity index (χ0) is 33.8. The molecule has 0 rings (SSSR count). The third-order valence-electron chi connectivity index (χ3n) is 9.74. The molecule has 0 aromatic carbocycles. The van der Waals surface area contributed by atoms with Gasteiger partial charge in [-0.25, -0.2) is 0 Å². The van der Waals surface area contributed by atoms with Crippen LogP contribution in [0.15, 0.2) is 12.2 Å². The van der Waals surface area contributed by atoms with E-state index in [0.717, 1.165) is 32.1 Å². The molecular formula is C38H72NO6+. The van der Waals surface area contributed by atoms with E-state index in [4.69, 9.17) is 0 Å². The molecule has 0 fully saturated rings. The summed E-state index contributed by atoms with van der Waals surface area (Å²) >= 11 is 0. The molecule has 7 nitrogen and oxygen atoms in total. The van der Waals surface area contributed by atoms with E-state index < -0.39 is 35.7 Å². The zero-order valence-electron chi connectivity index (χ0n) is 29.8. The van der Waals surface area contributed by atoms with Crippen LogP contribution < -0.4 is 0 Å². The summed E-state index contributed by atoms with van der Waals surface area (Å²) < 4.78 is 0.254. The Labute approximate surface area is 276 Å². The van der Waals surface area contributed by atoms with Crippen LogP contribution >= 0.6 is 0 Å². The van der Waals surface area contributed by atoms with Crippen molar-refractivity contribution in [2.45, 2.75) is 169 Å². The molecule has 0 amide bonds. The largest absolute Gasteiger partial charge is 0.481 e. The van der Waals surface area contributed by atoms with E-state index in [1.807, 2.05) is 20.8 Å². The van der Waals surface area contributed by atoms with Crippen molar-refractivity contribution in [1.82, 2.24) is 0 Å². The molecule has 0 spiro atoms. The maximum Gasteiger partial charge on any atom is 0.312 e. The Balaban J connectivity index is 4.53. The monoisotopic (exact) mass is 639 g/mol. The molecule has 0 bridgehead atoms. The summed E-state index contributed by atoms with van der Waals surface area (Å²) in [4.78, 5) is 36.0. The third kappa shape index (κ3) is 22.3. The maximum atomic E-state index is 12.0. The molecule has 0 aromatic heterocycles. The van der Waals surface area contributed by atoms with Crippen LogP contribution in [0.25, 0.3) is 0 Å². The lowest BCUT2D eigenvalue weighted by atomic mass is 9.95. The minimum absolute atomic E-state index is 0.254. The van der Waals surface area contributed by atoms with Gasteiger partial charge in [0, 0.05) is 0 Å². The highest BCUT2D eigenvalue weighted by Gasteiger charge is 2.40. The summed E-state index contributed by atoms with van der Waals surface area (Å²) in [5.41, 5.74) is 0. The first-order valence-electron chi connectivity index (χ1n) is 18.8. The lowest BCUT2D eigenvalue weighted by molar-refractivity contribution is -0.935. The SMILES string of the molecule is CCCCCCCCCCCCC/C=C/CCCCCCCC[N+](CC(CC)C(=O)O)(CC(CC)C(=O)O)CC(CC)C(=O)O. The van der Waals surface area contributed by atoms with Crippen molar-refractivity contribution >= 4 is 17.9 Å². The van der Waals surface area contributed by atoms with Gasteiger partial charge < -0.3 is 19.8 Å². The first-order valence-corrected chi connectivity index (χ1v) is 18.8. The van der Waals surface area contributed by atoms with E-state index in [9.17, 15) is 29.7 Å². The minimum Gasteiger partial charge on any atom is -0.481 e. The van der Waals surface area contributed by atoms with Gasteiger partial charge in [0.15, 0.2) is 0 Å². The molecule has 0 saturated carbocycles. The predicted octanol–water partition coefficient (Wildman–Crippen LogP) is 10.1. The molecule has 0 aliphatic rings. The molecule has 0 radical (unpaired) electrons. The number of carbonyl (C=O) groups is 3. The van der Waals surface area contributed by atoms with Gasteiger partial charge in [0.05, 0.1) is 26.2 Å². The van der Waals surface area contributed by atoms with Gasteiger partial charge in [0.25, 0.3) is 0 Å². The highest BCUT2D eigenvalue weighted by atomic mass is 16.4. The van der Waals surface area contributed by atoms with Crippen molar-refractivity contribution < 1.29 is 34.2 Å². The Bertz CT molecular complexity index is 722. The minimum atomic E-state index is -0.889. The van der Waals surface area contributed by atoms with Crippen LogP contribution in [0.3, 0.4) is 0 Å². The van der Waals surface area contributed by atoms with Crippen LogP contribution in [0.4, 0.5) is 0 Å². The van der Waals surface area contributed by atoms with E-state index >= 15 is 0 Å². The number of hydrogen-bond acceptors (Lipinski definition) is 3. The molecule has 3 N–H and O–H groups in total. The summed E-state index contributed by atoms with van der Waals surface area (Å²) in [5.74, 6) is -4.53. The summed E-state index contributed by atoms with van der Waals surface area (Å²) in [6, 6.07) is 0. The summed E-state index contributed by atoms with van der Waals surface area (Å²) in [5, 5.41) is 29.5. The van der Waals surface area contributed by atoms with Crippen molar-refractivity contribution in [3.63, 3.8) is 0 Å². The summed E-state index contributed by atoms with van der Waals surface area (Å²) in [7, 11) is 0. The Hall–Kier alpha value is -1.89. The summed E-state index contributed by atoms with van der Waals surface area (Å²) in [6.07, 6.45) is 30.0. The Kier molecular flexibility index (Phi) is 27.2. The fourth-order valence-electron chi connectivity index (χ4n) is 6.62. The lowest BCUT2D eigenvalue weighted by Crippen LogP contribution is -2.58. The first kappa shape index (κ1) is 43.1. The smallest absolute Gasteiger partial charge is 0.312 e. The van der Waals surface area contributed by atoms with Crippen LogP contribution in [-0.4, -0.2) is 63.9 Å². The van der Waals surface area contributed by atoms with Crippen LogP contribution in [0.1, 0.15) is 169 Å². The number of nitrogens with zero attached hydrogens (tertiary/aromatic N) is 1. The second-order valence-electron chi connectivity index (χ2n) is 13.6. The van der Waals surface area contributed by atoms with E-state index in [1.54, 1.807) is 0 Å². The third-order valence-corrected chi connectivity index (χ3v) is 9.74. The van der Waals surface area contributed by atoms with Gasteiger partial charge in [-0.1, -0.05) is 123 Å². The molecule has 0 aliphatic heterocycles. The number of quaternary nitrogens is 1. The topological polar surface area (TPSA) is 112 Å². The van der Waals surface area contributed by atoms with Gasteiger partial charge in [-0.15, -0.1) is 0 Å². The fraction of sp³-hybridized carbons (Fsp3) is 0.868. The molecule has 0 heterocycles. The number of aliphatic carboxylic acids is 3. The fourth-order valence-corrected chi connectivity index (χ4v) is 6.62. The Morgan fingerprint density at radius 3 is 1.04 bits per heavy atom. The van der Waals surface area contributed by atoms with Crippen LogP contribution in [-0.2, 0) is 14.4 Å². The summed E-state index contributed by atoms with van der Waals surface area (Å²) in [6.45, 7) is 9.26. The molecule has 264 valence electrons. The van der Waals surface area contributed by atoms with E-state index in [2.05, 4.69) is 19.1 Å². The predicted molar refractivity (Wildman–Crippen MR) is 187 cm³/mol. The number of carboxylic acid groups (broad SMARTS) is 3. The molecule has 0 aliphatic carbocycles. The van der Waals surface area contributed by atoms with Gasteiger partial charge in [0.2, 0.25) is 0 Å². The lowest BCUT2D eigenvalue weighted by Gasteiger charge is -2.43. The highest BCUT2D eigenvalue weighted by Crippen LogP contribution is 2.25. The van der Waals surface area contributed by atoms with E-state index in [-0.39, 0.29) is 24.1 Å². The van der Waals surface area contributed by atoms with Crippen molar-refractivity contribution in [2.75, 3.05) is 26.2 Å². The van der Waals surface area contributed by atoms with Crippen molar-refractivity contribution in [1.29, 1.82) is 0 Å². The number of allylic oxidation sites excluding steroid dienone is 2. The average molecular weight is 639 g/mol. The van der Waals surface area contributed by atoms with E-state index in [0.29, 0.717) is 25.8 Å². The van der Waals surface area contributed by atoms with Crippen LogP contribution in [0.5, 0.6) is 0 Å². The van der Waals surface area contributed by atoms with Gasteiger partial charge in [-0.3, -0.25) is 14.4 Å². The van der Waals surface area contributed by atoms with Gasteiger partial charge in [-0.2, -0.15) is 0 Å². The molecule has 7 heteroatoms. The zero-order valence-corrected chi connectivity index (χ0v) is 29.8. The van der Waals surface area contributed by atoms with Gasteiger partial charge >= 0.3 is 17.9 Å². The Morgan fingerprint density at radius 1 is 0.467 bits per heavy atom. The molecular weight excluding hydrogens is 566 g/mol. The number of carboxylic acids is 3. The van der Waals surface area contributed by atoms with Gasteiger partial charge in [-0.05, 0) is 57.8 Å². The number of hydrogen-bond donors (Lipinski definition) is 3. The number of unbranched alkanes of at least 4 members (excludes halogenated alkanes) is 17. The first-order chi connectivity index (χ1) is 21.7. The molecule has 0 saturated heterocycles. The molecule has 0 aromatic rings.